The van der Waals surface area contributed by atoms with Gasteiger partial charge in [-0.05, 0) is 42.0 Å². The Hall–Kier alpha value is -4.02. The number of hydrogen-bond donors (Lipinski definition) is 2. The summed E-state index contributed by atoms with van der Waals surface area (Å²) in [6.07, 6.45) is 1.65. The van der Waals surface area contributed by atoms with Crippen molar-refractivity contribution in [2.75, 3.05) is 0 Å². The molecule has 8 heteroatoms. The number of aromatic nitrogens is 4. The third-order valence-electron chi connectivity index (χ3n) is 4.89. The Morgan fingerprint density at radius 2 is 1.93 bits per heavy atom. The fourth-order valence-electron chi connectivity index (χ4n) is 3.48. The molecule has 0 bridgehead atoms. The third kappa shape index (κ3) is 2.82. The molecule has 3 heterocycles. The van der Waals surface area contributed by atoms with Gasteiger partial charge in [-0.1, -0.05) is 17.7 Å². The first kappa shape index (κ1) is 18.0. The van der Waals surface area contributed by atoms with Crippen LogP contribution in [-0.2, 0) is 0 Å². The maximum Gasteiger partial charge on any atom is 0.249 e. The lowest BCUT2D eigenvalue weighted by molar-refractivity contribution is 0.627. The topological polar surface area (TPSA) is 98.2 Å². The van der Waals surface area contributed by atoms with Crippen LogP contribution in [0.4, 0.5) is 4.39 Å². The number of hydrogen-bond acceptors (Lipinski definition) is 4. The molecule has 0 unspecified atom stereocenters. The van der Waals surface area contributed by atoms with Crippen LogP contribution in [0.25, 0.3) is 44.3 Å². The number of benzene rings is 2. The van der Waals surface area contributed by atoms with Crippen LogP contribution in [0, 0.1) is 17.1 Å². The van der Waals surface area contributed by atoms with Gasteiger partial charge in [-0.2, -0.15) is 10.4 Å². The second kappa shape index (κ2) is 6.79. The zero-order valence-corrected chi connectivity index (χ0v) is 16.0. The van der Waals surface area contributed by atoms with Crippen molar-refractivity contribution in [2.24, 2.45) is 0 Å². The van der Waals surface area contributed by atoms with Gasteiger partial charge in [-0.15, -0.1) is 0 Å². The van der Waals surface area contributed by atoms with E-state index in [9.17, 15) is 10.1 Å². The number of rotatable bonds is 2. The minimum atomic E-state index is -0.679. The first-order valence-electron chi connectivity index (χ1n) is 8.91. The average molecular weight is 416 g/mol. The molecule has 144 valence electrons. The summed E-state index contributed by atoms with van der Waals surface area (Å²) < 4.78 is 15.0. The highest BCUT2D eigenvalue weighted by Crippen LogP contribution is 2.37. The van der Waals surface area contributed by atoms with Gasteiger partial charge in [-0.3, -0.25) is 9.89 Å². The summed E-state index contributed by atoms with van der Waals surface area (Å²) in [5.41, 5.74) is 2.35. The van der Waals surface area contributed by atoms with E-state index in [0.717, 1.165) is 5.39 Å². The zero-order chi connectivity index (χ0) is 20.8. The Morgan fingerprint density at radius 3 is 2.77 bits per heavy atom. The minimum absolute atomic E-state index is 0.0924. The largest absolute Gasteiger partial charge is 0.307 e. The third-order valence-corrected chi connectivity index (χ3v) is 5.19. The van der Waals surface area contributed by atoms with Crippen LogP contribution in [-0.4, -0.2) is 20.2 Å². The van der Waals surface area contributed by atoms with E-state index in [2.05, 4.69) is 20.2 Å². The van der Waals surface area contributed by atoms with E-state index in [1.54, 1.807) is 30.5 Å². The molecule has 0 saturated carbocycles. The highest BCUT2D eigenvalue weighted by atomic mass is 35.5. The second-order valence-corrected chi connectivity index (χ2v) is 7.12. The fourth-order valence-corrected chi connectivity index (χ4v) is 3.74. The minimum Gasteiger partial charge on any atom is -0.307 e. The molecule has 3 aromatic heterocycles. The van der Waals surface area contributed by atoms with Gasteiger partial charge in [0.1, 0.15) is 17.5 Å². The number of nitrogens with one attached hydrogen (secondary N) is 2. The molecule has 5 aromatic rings. The average Bonchev–Trinajstić information content (AvgIpc) is 3.22. The predicted octanol–water partition coefficient (Wildman–Crippen LogP) is 4.80. The number of halogens is 2. The molecule has 0 aliphatic carbocycles. The summed E-state index contributed by atoms with van der Waals surface area (Å²) in [5, 5.41) is 18.0. The Kier molecular flexibility index (Phi) is 4.09. The van der Waals surface area contributed by atoms with Gasteiger partial charge in [0.05, 0.1) is 28.0 Å². The molecule has 0 aliphatic rings. The van der Waals surface area contributed by atoms with Gasteiger partial charge in [0.15, 0.2) is 0 Å². The van der Waals surface area contributed by atoms with Crippen LogP contribution >= 0.6 is 11.6 Å². The number of H-pyrrole nitrogens is 2. The van der Waals surface area contributed by atoms with E-state index in [1.165, 1.54) is 12.1 Å². The van der Waals surface area contributed by atoms with E-state index in [1.807, 2.05) is 18.2 Å². The summed E-state index contributed by atoms with van der Waals surface area (Å²) in [5.74, 6) is -0.679. The molecule has 0 aliphatic heterocycles. The lowest BCUT2D eigenvalue weighted by Gasteiger charge is -2.13. The summed E-state index contributed by atoms with van der Waals surface area (Å²) in [6.45, 7) is 0. The summed E-state index contributed by atoms with van der Waals surface area (Å²) in [6, 6.07) is 14.9. The number of aromatic amines is 2. The van der Waals surface area contributed by atoms with Gasteiger partial charge in [0.25, 0.3) is 0 Å². The van der Waals surface area contributed by atoms with E-state index in [-0.39, 0.29) is 22.4 Å². The van der Waals surface area contributed by atoms with Gasteiger partial charge >= 0.3 is 0 Å². The summed E-state index contributed by atoms with van der Waals surface area (Å²) >= 11 is 6.41. The van der Waals surface area contributed by atoms with Gasteiger partial charge in [0.2, 0.25) is 5.56 Å². The number of nitrogens with zero attached hydrogens (tertiary/aromatic N) is 3. The number of fused-ring (bicyclic) bond motifs is 2. The Bertz CT molecular complexity index is 1560. The first-order chi connectivity index (χ1) is 14.5. The van der Waals surface area contributed by atoms with Crippen LogP contribution < -0.4 is 5.56 Å². The summed E-state index contributed by atoms with van der Waals surface area (Å²) in [4.78, 5) is 19.0. The Balaban J connectivity index is 1.88. The molecule has 0 amide bonds. The molecule has 0 spiro atoms. The molecular weight excluding hydrogens is 405 g/mol. The van der Waals surface area contributed by atoms with Crippen molar-refractivity contribution in [3.63, 3.8) is 0 Å². The van der Waals surface area contributed by atoms with Crippen LogP contribution in [0.3, 0.4) is 0 Å². The SMILES string of the molecule is N#Cc1cccc(-c2nc3[nH]c(=O)ccc3cc2-c2cc(Cl)c3[nH]ncc3c2)c1F. The van der Waals surface area contributed by atoms with E-state index in [4.69, 9.17) is 11.6 Å². The summed E-state index contributed by atoms with van der Waals surface area (Å²) in [7, 11) is 0. The van der Waals surface area contributed by atoms with Crippen molar-refractivity contribution >= 4 is 33.5 Å². The van der Waals surface area contributed by atoms with E-state index >= 15 is 4.39 Å². The molecular formula is C22H11ClFN5O. The molecule has 0 radical (unpaired) electrons. The van der Waals surface area contributed by atoms with Crippen molar-refractivity contribution in [1.29, 1.82) is 5.26 Å². The van der Waals surface area contributed by atoms with Gasteiger partial charge < -0.3 is 4.98 Å². The predicted molar refractivity (Wildman–Crippen MR) is 113 cm³/mol. The van der Waals surface area contributed by atoms with Crippen molar-refractivity contribution in [2.45, 2.75) is 0 Å². The maximum atomic E-state index is 15.0. The molecule has 2 aromatic carbocycles. The van der Waals surface area contributed by atoms with Crippen LogP contribution in [0.1, 0.15) is 5.56 Å². The van der Waals surface area contributed by atoms with Gasteiger partial charge in [0, 0.05) is 28.0 Å². The highest BCUT2D eigenvalue weighted by molar-refractivity contribution is 6.35. The Morgan fingerprint density at radius 1 is 1.07 bits per heavy atom. The molecule has 2 N–H and O–H groups in total. The highest BCUT2D eigenvalue weighted by Gasteiger charge is 2.18. The smallest absolute Gasteiger partial charge is 0.249 e. The monoisotopic (exact) mass is 415 g/mol. The fraction of sp³-hybridized carbons (Fsp3) is 0. The number of nitriles is 1. The Labute approximate surface area is 173 Å². The first-order valence-corrected chi connectivity index (χ1v) is 9.29. The lowest BCUT2D eigenvalue weighted by atomic mass is 9.96. The van der Waals surface area contributed by atoms with Crippen LogP contribution in [0.15, 0.2) is 59.5 Å². The van der Waals surface area contributed by atoms with Gasteiger partial charge in [-0.25, -0.2) is 9.37 Å². The standard InChI is InChI=1S/C22H11ClFN5O/c23-17-8-13(6-14-10-26-29-20(14)17)16-7-11-4-5-18(30)27-22(11)28-21(16)15-3-1-2-12(9-25)19(15)24/h1-8,10H,(H,26,29)(H,27,28,30). The normalized spacial score (nSPS) is 11.1. The van der Waals surface area contributed by atoms with Crippen LogP contribution in [0.5, 0.6) is 0 Å². The lowest BCUT2D eigenvalue weighted by Crippen LogP contribution is -2.05. The van der Waals surface area contributed by atoms with Crippen molar-refractivity contribution in [3.05, 3.63) is 81.5 Å². The molecule has 6 nitrogen and oxygen atoms in total. The van der Waals surface area contributed by atoms with Crippen molar-refractivity contribution < 1.29 is 4.39 Å². The maximum absolute atomic E-state index is 15.0. The van der Waals surface area contributed by atoms with Crippen molar-refractivity contribution in [1.82, 2.24) is 20.2 Å². The zero-order valence-electron chi connectivity index (χ0n) is 15.2. The van der Waals surface area contributed by atoms with Crippen LogP contribution in [0.2, 0.25) is 5.02 Å². The quantitative estimate of drug-likeness (QED) is 0.432. The molecule has 5 rings (SSSR count). The molecule has 0 fully saturated rings. The number of pyridine rings is 2. The van der Waals surface area contributed by atoms with E-state index in [0.29, 0.717) is 32.7 Å². The second-order valence-electron chi connectivity index (χ2n) is 6.72. The van der Waals surface area contributed by atoms with Crippen molar-refractivity contribution in [3.8, 4) is 28.5 Å². The molecule has 0 atom stereocenters. The molecule has 30 heavy (non-hydrogen) atoms. The van der Waals surface area contributed by atoms with E-state index < -0.39 is 5.82 Å². The molecule has 0 saturated heterocycles.